The largest absolute Gasteiger partial charge is 0.491 e. The highest BCUT2D eigenvalue weighted by Gasteiger charge is 2.44. The van der Waals surface area contributed by atoms with Gasteiger partial charge in [0.2, 0.25) is 5.91 Å². The molecular formula is C29H32N4O5. The van der Waals surface area contributed by atoms with Gasteiger partial charge >= 0.3 is 0 Å². The number of nitrogens with one attached hydrogen (secondary N) is 1. The first-order valence-corrected chi connectivity index (χ1v) is 13.0. The topological polar surface area (TPSA) is 103 Å². The highest BCUT2D eigenvalue weighted by molar-refractivity contribution is 5.87. The van der Waals surface area contributed by atoms with Crippen LogP contribution in [0.5, 0.6) is 5.75 Å². The van der Waals surface area contributed by atoms with E-state index in [1.807, 2.05) is 42.5 Å². The Hall–Kier alpha value is -3.98. The molecule has 0 radical (unpaired) electrons. The number of fused-ring (bicyclic) bond motifs is 2. The smallest absolute Gasteiger partial charge is 0.261 e. The predicted molar refractivity (Wildman–Crippen MR) is 143 cm³/mol. The van der Waals surface area contributed by atoms with E-state index in [1.165, 1.54) is 0 Å². The summed E-state index contributed by atoms with van der Waals surface area (Å²) in [6.07, 6.45) is 5.09. The third kappa shape index (κ3) is 5.33. The Morgan fingerprint density at radius 2 is 1.89 bits per heavy atom. The minimum Gasteiger partial charge on any atom is -0.491 e. The lowest BCUT2D eigenvalue weighted by molar-refractivity contribution is -0.165. The van der Waals surface area contributed by atoms with Crippen LogP contribution in [0.1, 0.15) is 24.2 Å². The van der Waals surface area contributed by atoms with Crippen LogP contribution < -0.4 is 15.6 Å². The van der Waals surface area contributed by atoms with Gasteiger partial charge in [0.05, 0.1) is 30.6 Å². The molecule has 9 heteroatoms. The summed E-state index contributed by atoms with van der Waals surface area (Å²) in [4.78, 5) is 45.7. The number of rotatable bonds is 3. The zero-order valence-electron chi connectivity index (χ0n) is 21.5. The minimum absolute atomic E-state index is 0.124. The maximum atomic E-state index is 13.3. The van der Waals surface area contributed by atoms with Crippen LogP contribution >= 0.6 is 0 Å². The normalized spacial score (nSPS) is 21.1. The maximum Gasteiger partial charge on any atom is 0.261 e. The van der Waals surface area contributed by atoms with Gasteiger partial charge in [-0.15, -0.1) is 0 Å². The van der Waals surface area contributed by atoms with Gasteiger partial charge in [0, 0.05) is 25.9 Å². The molecule has 1 N–H and O–H groups in total. The number of benzene rings is 2. The summed E-state index contributed by atoms with van der Waals surface area (Å²) in [5.41, 5.74) is 0.371. The van der Waals surface area contributed by atoms with Gasteiger partial charge in [0.15, 0.2) is 5.60 Å². The number of para-hydroxylation sites is 2. The molecule has 1 spiro atoms. The second-order valence-electron chi connectivity index (χ2n) is 9.63. The number of hydrogen-bond acceptors (Lipinski definition) is 6. The second kappa shape index (κ2) is 11.2. The van der Waals surface area contributed by atoms with E-state index in [2.05, 4.69) is 10.3 Å². The van der Waals surface area contributed by atoms with Gasteiger partial charge in [0.25, 0.3) is 11.5 Å². The van der Waals surface area contributed by atoms with Gasteiger partial charge < -0.3 is 19.7 Å². The number of allylic oxidation sites excluding steroid dienone is 1. The fourth-order valence-corrected chi connectivity index (χ4v) is 5.04. The number of carbonyl (C=O) groups is 2. The lowest BCUT2D eigenvalue weighted by Gasteiger charge is -2.41. The highest BCUT2D eigenvalue weighted by Crippen LogP contribution is 2.25. The van der Waals surface area contributed by atoms with E-state index in [0.29, 0.717) is 49.3 Å². The fourth-order valence-electron chi connectivity index (χ4n) is 5.04. The lowest BCUT2D eigenvalue weighted by Crippen LogP contribution is -2.61. The number of morpholine rings is 1. The molecular weight excluding hydrogens is 484 g/mol. The molecule has 1 fully saturated rings. The first-order valence-electron chi connectivity index (χ1n) is 13.0. The van der Waals surface area contributed by atoms with Crippen molar-refractivity contribution in [2.45, 2.75) is 38.3 Å². The first kappa shape index (κ1) is 25.7. The molecule has 1 atom stereocenters. The lowest BCUT2D eigenvalue weighted by atomic mass is 9.94. The van der Waals surface area contributed by atoms with E-state index in [0.717, 1.165) is 11.3 Å². The van der Waals surface area contributed by atoms with E-state index < -0.39 is 5.60 Å². The van der Waals surface area contributed by atoms with E-state index >= 15 is 0 Å². The number of aryl methyl sites for hydroxylation is 1. The summed E-state index contributed by atoms with van der Waals surface area (Å²) in [7, 11) is 0. The van der Waals surface area contributed by atoms with Crippen molar-refractivity contribution < 1.29 is 19.1 Å². The molecule has 0 aliphatic carbocycles. The van der Waals surface area contributed by atoms with Crippen LogP contribution in [-0.4, -0.2) is 64.7 Å². The Labute approximate surface area is 221 Å². The molecule has 2 aliphatic rings. The molecule has 38 heavy (non-hydrogen) atoms. The van der Waals surface area contributed by atoms with Crippen molar-refractivity contribution in [1.82, 2.24) is 19.8 Å². The van der Waals surface area contributed by atoms with Crippen molar-refractivity contribution in [3.8, 4) is 5.75 Å². The number of nitrogens with zero attached hydrogens (tertiary/aromatic N) is 3. The van der Waals surface area contributed by atoms with Crippen LogP contribution in [0.4, 0.5) is 0 Å². The molecule has 3 aromatic rings. The van der Waals surface area contributed by atoms with Crippen LogP contribution in [0.25, 0.3) is 10.9 Å². The Kier molecular flexibility index (Phi) is 7.55. The van der Waals surface area contributed by atoms with Crippen molar-refractivity contribution in [1.29, 1.82) is 0 Å². The molecule has 9 nitrogen and oxygen atoms in total. The van der Waals surface area contributed by atoms with Crippen molar-refractivity contribution in [3.05, 3.63) is 82.4 Å². The second-order valence-corrected chi connectivity index (χ2v) is 9.63. The SMILES string of the molecule is Cc1nc2ccccc2c(=O)n1CCC(=O)N1CCOC2(C/C=C/Cc3ccccc3OCCNC2=O)C1. The number of carbonyl (C=O) groups excluding carboxylic acids is 2. The molecule has 2 aromatic carbocycles. The Balaban J connectivity index is 1.30. The number of amides is 2. The summed E-state index contributed by atoms with van der Waals surface area (Å²) in [6, 6.07) is 15.0. The molecule has 1 saturated heterocycles. The number of ether oxygens (including phenoxy) is 2. The Bertz CT molecular complexity index is 1430. The fraction of sp³-hybridized carbons (Fsp3) is 0.379. The Morgan fingerprint density at radius 3 is 2.79 bits per heavy atom. The summed E-state index contributed by atoms with van der Waals surface area (Å²) in [6.45, 7) is 3.43. The van der Waals surface area contributed by atoms with Crippen LogP contribution in [0.15, 0.2) is 65.5 Å². The molecule has 1 unspecified atom stereocenters. The van der Waals surface area contributed by atoms with Gasteiger partial charge in [-0.2, -0.15) is 0 Å². The van der Waals surface area contributed by atoms with Gasteiger partial charge in [-0.3, -0.25) is 19.0 Å². The number of aromatic nitrogens is 2. The van der Waals surface area contributed by atoms with Gasteiger partial charge in [0.1, 0.15) is 18.2 Å². The van der Waals surface area contributed by atoms with Crippen LogP contribution in [0.2, 0.25) is 0 Å². The zero-order chi connectivity index (χ0) is 26.5. The van der Waals surface area contributed by atoms with Crippen molar-refractivity contribution >= 4 is 22.7 Å². The molecule has 5 rings (SSSR count). The standard InChI is InChI=1S/C29H32N4O5/c1-21-31-24-11-4-3-10-23(24)27(35)33(21)16-13-26(34)32-17-19-38-29(20-32)14-7-6-9-22-8-2-5-12-25(22)37-18-15-30-28(29)36/h2-8,10-12H,9,13-20H2,1H3,(H,30,36)/b7-6+. The number of hydrogen-bond donors (Lipinski definition) is 1. The third-order valence-electron chi connectivity index (χ3n) is 7.12. The average molecular weight is 517 g/mol. The van der Waals surface area contributed by atoms with E-state index in [-0.39, 0.29) is 43.5 Å². The van der Waals surface area contributed by atoms with Crippen molar-refractivity contribution in [3.63, 3.8) is 0 Å². The monoisotopic (exact) mass is 516 g/mol. The summed E-state index contributed by atoms with van der Waals surface area (Å²) in [5.74, 6) is 0.978. The molecule has 2 amide bonds. The van der Waals surface area contributed by atoms with E-state index in [9.17, 15) is 14.4 Å². The first-order chi connectivity index (χ1) is 18.5. The molecule has 198 valence electrons. The predicted octanol–water partition coefficient (Wildman–Crippen LogP) is 2.39. The van der Waals surface area contributed by atoms with Gasteiger partial charge in [-0.25, -0.2) is 4.98 Å². The van der Waals surface area contributed by atoms with Crippen molar-refractivity contribution in [2.75, 3.05) is 32.8 Å². The summed E-state index contributed by atoms with van der Waals surface area (Å²) >= 11 is 0. The molecule has 3 heterocycles. The summed E-state index contributed by atoms with van der Waals surface area (Å²) in [5, 5.41) is 3.45. The zero-order valence-corrected chi connectivity index (χ0v) is 21.5. The summed E-state index contributed by atoms with van der Waals surface area (Å²) < 4.78 is 13.5. The van der Waals surface area contributed by atoms with Gasteiger partial charge in [-0.1, -0.05) is 42.5 Å². The molecule has 2 aliphatic heterocycles. The van der Waals surface area contributed by atoms with Crippen LogP contribution in [0, 0.1) is 6.92 Å². The third-order valence-corrected chi connectivity index (χ3v) is 7.12. The highest BCUT2D eigenvalue weighted by atomic mass is 16.5. The minimum atomic E-state index is -1.18. The van der Waals surface area contributed by atoms with E-state index in [4.69, 9.17) is 9.47 Å². The van der Waals surface area contributed by atoms with E-state index in [1.54, 1.807) is 34.6 Å². The van der Waals surface area contributed by atoms with Crippen LogP contribution in [-0.2, 0) is 27.3 Å². The van der Waals surface area contributed by atoms with Crippen LogP contribution in [0.3, 0.4) is 0 Å². The molecule has 1 aromatic heterocycles. The molecule has 0 saturated carbocycles. The maximum absolute atomic E-state index is 13.3. The van der Waals surface area contributed by atoms with Crippen molar-refractivity contribution in [2.24, 2.45) is 0 Å². The molecule has 0 bridgehead atoms. The quantitative estimate of drug-likeness (QED) is 0.537. The Morgan fingerprint density at radius 1 is 1.08 bits per heavy atom. The average Bonchev–Trinajstić information content (AvgIpc) is 2.93. The van der Waals surface area contributed by atoms with Gasteiger partial charge in [-0.05, 0) is 37.1 Å².